The van der Waals surface area contributed by atoms with E-state index in [0.717, 1.165) is 33.8 Å². The number of nitrogens with one attached hydrogen (secondary N) is 1. The highest BCUT2D eigenvalue weighted by Gasteiger charge is 2.26. The summed E-state index contributed by atoms with van der Waals surface area (Å²) in [6, 6.07) is 14.9. The van der Waals surface area contributed by atoms with Gasteiger partial charge in [0.2, 0.25) is 0 Å². The molecule has 9 heteroatoms. The predicted molar refractivity (Wildman–Crippen MR) is 137 cm³/mol. The van der Waals surface area contributed by atoms with Crippen molar-refractivity contribution in [2.75, 3.05) is 0 Å². The van der Waals surface area contributed by atoms with E-state index in [-0.39, 0.29) is 18.1 Å². The fourth-order valence-corrected chi connectivity index (χ4v) is 3.98. The molecule has 0 radical (unpaired) electrons. The van der Waals surface area contributed by atoms with Gasteiger partial charge in [0.25, 0.3) is 5.91 Å². The lowest BCUT2D eigenvalue weighted by Gasteiger charge is -2.15. The molecule has 4 aromatic rings. The fraction of sp³-hybridized carbons (Fsp3) is 0.185. The third-order valence-electron chi connectivity index (χ3n) is 5.85. The number of oxime groups is 1. The number of pyridine rings is 2. The first kappa shape index (κ1) is 23.6. The van der Waals surface area contributed by atoms with Gasteiger partial charge < -0.3 is 10.2 Å². The Balaban J connectivity index is 1.45. The van der Waals surface area contributed by atoms with Crippen molar-refractivity contribution in [3.05, 3.63) is 107 Å². The molecule has 0 saturated heterocycles. The van der Waals surface area contributed by atoms with E-state index in [1.165, 1.54) is 6.20 Å². The summed E-state index contributed by atoms with van der Waals surface area (Å²) in [6.07, 6.45) is 6.80. The van der Waals surface area contributed by atoms with Crippen LogP contribution in [0, 0.1) is 6.92 Å². The van der Waals surface area contributed by atoms with E-state index < -0.39 is 0 Å². The van der Waals surface area contributed by atoms with Crippen LogP contribution in [0.25, 0.3) is 11.3 Å². The molecule has 0 fully saturated rings. The Bertz CT molecular complexity index is 1410. The van der Waals surface area contributed by atoms with Crippen LogP contribution >= 0.6 is 11.6 Å². The molecule has 8 nitrogen and oxygen atoms in total. The van der Waals surface area contributed by atoms with Gasteiger partial charge in [-0.3, -0.25) is 19.7 Å². The average molecular weight is 499 g/mol. The molecule has 1 aromatic carbocycles. The summed E-state index contributed by atoms with van der Waals surface area (Å²) >= 11 is 5.84. The quantitative estimate of drug-likeness (QED) is 0.389. The van der Waals surface area contributed by atoms with Crippen molar-refractivity contribution >= 4 is 23.2 Å². The molecule has 2 atom stereocenters. The Labute approximate surface area is 213 Å². The van der Waals surface area contributed by atoms with Crippen molar-refractivity contribution in [3.63, 3.8) is 0 Å². The highest BCUT2D eigenvalue weighted by molar-refractivity contribution is 6.29. The van der Waals surface area contributed by atoms with E-state index in [0.29, 0.717) is 22.8 Å². The van der Waals surface area contributed by atoms with Gasteiger partial charge in [0.1, 0.15) is 5.15 Å². The van der Waals surface area contributed by atoms with Crippen molar-refractivity contribution in [1.82, 2.24) is 25.3 Å². The summed E-state index contributed by atoms with van der Waals surface area (Å²) in [5, 5.41) is 7.60. The lowest BCUT2D eigenvalue weighted by Crippen LogP contribution is -2.27. The van der Waals surface area contributed by atoms with Crippen molar-refractivity contribution in [1.29, 1.82) is 0 Å². The van der Waals surface area contributed by atoms with E-state index in [9.17, 15) is 4.79 Å². The van der Waals surface area contributed by atoms with E-state index >= 15 is 0 Å². The molecule has 5 rings (SSSR count). The maximum Gasteiger partial charge on any atom is 0.251 e. The molecule has 36 heavy (non-hydrogen) atoms. The molecular formula is C27H23ClN6O2. The van der Waals surface area contributed by atoms with E-state index in [1.54, 1.807) is 18.6 Å². The summed E-state index contributed by atoms with van der Waals surface area (Å²) in [7, 11) is 0. The van der Waals surface area contributed by atoms with Gasteiger partial charge in [-0.15, -0.1) is 0 Å². The van der Waals surface area contributed by atoms with Gasteiger partial charge in [0.15, 0.2) is 6.10 Å². The van der Waals surface area contributed by atoms with Crippen LogP contribution in [-0.2, 0) is 4.84 Å². The van der Waals surface area contributed by atoms with Crippen LogP contribution in [0.3, 0.4) is 0 Å². The summed E-state index contributed by atoms with van der Waals surface area (Å²) in [4.78, 5) is 36.2. The molecule has 1 N–H and O–H groups in total. The van der Waals surface area contributed by atoms with E-state index in [1.807, 2.05) is 62.4 Å². The van der Waals surface area contributed by atoms with Crippen LogP contribution in [-0.4, -0.2) is 31.6 Å². The molecule has 3 aromatic heterocycles. The molecule has 0 spiro atoms. The molecule has 4 heterocycles. The molecule has 1 aliphatic rings. The Kier molecular flexibility index (Phi) is 6.69. The van der Waals surface area contributed by atoms with Crippen LogP contribution in [0.15, 0.2) is 78.5 Å². The number of aryl methyl sites for hydroxylation is 1. The predicted octanol–water partition coefficient (Wildman–Crippen LogP) is 5.25. The maximum atomic E-state index is 13.3. The Morgan fingerprint density at radius 3 is 2.61 bits per heavy atom. The molecule has 0 bridgehead atoms. The van der Waals surface area contributed by atoms with Gasteiger partial charge in [-0.25, -0.2) is 4.98 Å². The van der Waals surface area contributed by atoms with Crippen molar-refractivity contribution in [3.8, 4) is 11.3 Å². The van der Waals surface area contributed by atoms with Gasteiger partial charge in [0, 0.05) is 35.5 Å². The summed E-state index contributed by atoms with van der Waals surface area (Å²) in [5.41, 5.74) is 6.04. The minimum absolute atomic E-state index is 0.254. The molecule has 0 aliphatic carbocycles. The van der Waals surface area contributed by atoms with Crippen LogP contribution in [0.1, 0.15) is 58.4 Å². The Hall–Kier alpha value is -4.17. The first-order valence-corrected chi connectivity index (χ1v) is 11.8. The van der Waals surface area contributed by atoms with E-state index in [4.69, 9.17) is 16.4 Å². The second-order valence-corrected chi connectivity index (χ2v) is 8.96. The second-order valence-electron chi connectivity index (χ2n) is 8.57. The van der Waals surface area contributed by atoms with Gasteiger partial charge in [-0.05, 0) is 55.8 Å². The first-order chi connectivity index (χ1) is 17.5. The number of carbonyl (C=O) groups excluding carboxylic acids is 1. The number of hydrogen-bond donors (Lipinski definition) is 1. The Morgan fingerprint density at radius 2 is 1.89 bits per heavy atom. The molecular weight excluding hydrogens is 476 g/mol. The number of nitrogens with zero attached hydrogens (tertiary/aromatic N) is 5. The molecule has 1 amide bonds. The molecule has 0 unspecified atom stereocenters. The van der Waals surface area contributed by atoms with Crippen LogP contribution in [0.5, 0.6) is 0 Å². The Morgan fingerprint density at radius 1 is 1.03 bits per heavy atom. The van der Waals surface area contributed by atoms with E-state index in [2.05, 4.69) is 30.4 Å². The number of aromatic nitrogens is 4. The number of benzene rings is 1. The number of carbonyl (C=O) groups is 1. The van der Waals surface area contributed by atoms with Crippen LogP contribution in [0.4, 0.5) is 0 Å². The van der Waals surface area contributed by atoms with Crippen molar-refractivity contribution in [2.45, 2.75) is 32.4 Å². The lowest BCUT2D eigenvalue weighted by molar-refractivity contribution is 0.0826. The minimum Gasteiger partial charge on any atom is -0.385 e. The zero-order valence-electron chi connectivity index (χ0n) is 19.7. The van der Waals surface area contributed by atoms with Crippen LogP contribution < -0.4 is 5.32 Å². The summed E-state index contributed by atoms with van der Waals surface area (Å²) in [6.45, 7) is 3.82. The zero-order chi connectivity index (χ0) is 25.1. The first-order valence-electron chi connectivity index (χ1n) is 11.5. The van der Waals surface area contributed by atoms with Gasteiger partial charge >= 0.3 is 0 Å². The van der Waals surface area contributed by atoms with Crippen molar-refractivity contribution in [2.24, 2.45) is 5.16 Å². The molecule has 180 valence electrons. The van der Waals surface area contributed by atoms with Gasteiger partial charge in [-0.1, -0.05) is 28.9 Å². The fourth-order valence-electron chi connectivity index (χ4n) is 3.88. The van der Waals surface area contributed by atoms with Gasteiger partial charge in [-0.2, -0.15) is 0 Å². The average Bonchev–Trinajstić information content (AvgIpc) is 3.40. The smallest absolute Gasteiger partial charge is 0.251 e. The highest BCUT2D eigenvalue weighted by Crippen LogP contribution is 2.30. The SMILES string of the molecule is Cc1ccc(-c2cc(C(=O)N[C@H](C)c3cnc(Cl)cn3)cc(C3=NO[C@H](c4ccccn4)C3)c2)nc1. The van der Waals surface area contributed by atoms with Crippen LogP contribution in [0.2, 0.25) is 5.15 Å². The van der Waals surface area contributed by atoms with Crippen molar-refractivity contribution < 1.29 is 9.63 Å². The normalized spacial score (nSPS) is 15.6. The van der Waals surface area contributed by atoms with Gasteiger partial charge in [0.05, 0.1) is 41.2 Å². The number of hydrogen-bond acceptors (Lipinski definition) is 7. The lowest BCUT2D eigenvalue weighted by atomic mass is 9.96. The number of amides is 1. The molecule has 1 aliphatic heterocycles. The molecule has 0 saturated carbocycles. The third kappa shape index (κ3) is 5.23. The maximum absolute atomic E-state index is 13.3. The summed E-state index contributed by atoms with van der Waals surface area (Å²) < 4.78 is 0. The summed E-state index contributed by atoms with van der Waals surface area (Å²) in [5.74, 6) is -0.254. The number of rotatable bonds is 6. The third-order valence-corrected chi connectivity index (χ3v) is 6.05. The number of halogens is 1. The second kappa shape index (κ2) is 10.2. The largest absolute Gasteiger partial charge is 0.385 e. The highest BCUT2D eigenvalue weighted by atomic mass is 35.5. The zero-order valence-corrected chi connectivity index (χ0v) is 20.5. The monoisotopic (exact) mass is 498 g/mol. The topological polar surface area (TPSA) is 102 Å². The minimum atomic E-state index is -0.368. The standard InChI is InChI=1S/C27H23ClN6O2/c1-16-6-7-21(30-13-16)18-9-19(23-12-25(36-34-23)22-5-3-4-8-29-22)11-20(10-18)27(35)33-17(2)24-14-32-26(28)15-31-24/h3-11,13-15,17,25H,12H2,1-2H3,(H,33,35)/t17-,25+/m1/s1.